The Morgan fingerprint density at radius 3 is 1.93 bits per heavy atom. The van der Waals surface area contributed by atoms with Gasteiger partial charge in [-0.05, 0) is 38.1 Å². The molecule has 3 aliphatic heterocycles. The van der Waals surface area contributed by atoms with E-state index >= 15 is 0 Å². The molecule has 0 bridgehead atoms. The Morgan fingerprint density at radius 2 is 1.31 bits per heavy atom. The van der Waals surface area contributed by atoms with Gasteiger partial charge in [-0.2, -0.15) is 0 Å². The van der Waals surface area contributed by atoms with E-state index in [1.165, 1.54) is 38.1 Å². The zero-order valence-electron chi connectivity index (χ0n) is 28.8. The van der Waals surface area contributed by atoms with Crippen LogP contribution >= 0.6 is 0 Å². The van der Waals surface area contributed by atoms with E-state index in [2.05, 4.69) is 4.74 Å². The van der Waals surface area contributed by atoms with E-state index in [1.54, 1.807) is 0 Å². The number of aromatic hydroxyl groups is 2. The summed E-state index contributed by atoms with van der Waals surface area (Å²) in [5.74, 6) is -2.30. The van der Waals surface area contributed by atoms with Crippen molar-refractivity contribution < 1.29 is 98.5 Å². The summed E-state index contributed by atoms with van der Waals surface area (Å²) in [6, 6.07) is 7.16. The second-order valence-corrected chi connectivity index (χ2v) is 13.3. The minimum absolute atomic E-state index is 0.0752. The molecule has 4 heterocycles. The monoisotopic (exact) mass is 784 g/mol. The first-order valence-electron chi connectivity index (χ1n) is 16.8. The topological polar surface area (TPSA) is 334 Å². The first-order valence-corrected chi connectivity index (χ1v) is 16.8. The van der Waals surface area contributed by atoms with Crippen LogP contribution in [0.4, 0.5) is 4.79 Å². The molecule has 21 heteroatoms. The Kier molecular flexibility index (Phi) is 11.7. The van der Waals surface area contributed by atoms with Gasteiger partial charge in [0.15, 0.2) is 18.2 Å². The summed E-state index contributed by atoms with van der Waals surface area (Å²) in [6.45, 7) is 1.90. The van der Waals surface area contributed by atoms with Crippen molar-refractivity contribution in [3.05, 3.63) is 46.6 Å². The van der Waals surface area contributed by atoms with Crippen LogP contribution in [0.15, 0.2) is 45.6 Å². The van der Waals surface area contributed by atoms with Crippen LogP contribution in [-0.4, -0.2) is 161 Å². The van der Waals surface area contributed by atoms with Gasteiger partial charge >= 0.3 is 6.16 Å². The molecule has 3 aliphatic rings. The van der Waals surface area contributed by atoms with Gasteiger partial charge in [0.1, 0.15) is 89.8 Å². The average Bonchev–Trinajstić information content (AvgIpc) is 3.14. The molecule has 2 aromatic carbocycles. The quantitative estimate of drug-likeness (QED) is 0.103. The van der Waals surface area contributed by atoms with Crippen LogP contribution in [0.3, 0.4) is 0 Å². The molecule has 0 radical (unpaired) electrons. The third-order valence-electron chi connectivity index (χ3n) is 9.45. The SMILES string of the molecule is CC1OC(Oc2cc(O)c3c(=O)c(OC4OC(COC(=O)O)C(O)C(O)C4OC4OC(C)C(O)C(O)C4O)c(-c4ccc(O)cc4)oc3c2)C(O)C(O)C1O. The number of aliphatic hydroxyl groups excluding tert-OH is 8. The largest absolute Gasteiger partial charge is 0.508 e. The third-order valence-corrected chi connectivity index (χ3v) is 9.45. The van der Waals surface area contributed by atoms with Crippen molar-refractivity contribution in [2.24, 2.45) is 0 Å². The number of rotatable bonds is 9. The first-order chi connectivity index (χ1) is 26.0. The lowest BCUT2D eigenvalue weighted by Crippen LogP contribution is -2.64. The summed E-state index contributed by atoms with van der Waals surface area (Å²) in [4.78, 5) is 25.4. The Morgan fingerprint density at radius 1 is 0.709 bits per heavy atom. The summed E-state index contributed by atoms with van der Waals surface area (Å²) >= 11 is 0. The molecular weight excluding hydrogens is 744 g/mol. The summed E-state index contributed by atoms with van der Waals surface area (Å²) < 4.78 is 44.7. The van der Waals surface area contributed by atoms with Crippen LogP contribution in [0.1, 0.15) is 13.8 Å². The highest BCUT2D eigenvalue weighted by molar-refractivity contribution is 5.88. The van der Waals surface area contributed by atoms with Crippen LogP contribution in [0, 0.1) is 0 Å². The minimum atomic E-state index is -2.05. The Balaban J connectivity index is 1.42. The van der Waals surface area contributed by atoms with Gasteiger partial charge in [0, 0.05) is 17.7 Å². The number of aliphatic hydroxyl groups is 8. The van der Waals surface area contributed by atoms with Crippen molar-refractivity contribution in [2.45, 2.75) is 106 Å². The highest BCUT2D eigenvalue weighted by atomic mass is 16.8. The van der Waals surface area contributed by atoms with Gasteiger partial charge in [-0.25, -0.2) is 4.79 Å². The second-order valence-electron chi connectivity index (χ2n) is 13.3. The van der Waals surface area contributed by atoms with Crippen molar-refractivity contribution in [2.75, 3.05) is 6.61 Å². The molecule has 11 N–H and O–H groups in total. The Hall–Kier alpha value is -4.36. The van der Waals surface area contributed by atoms with Crippen molar-refractivity contribution in [3.63, 3.8) is 0 Å². The van der Waals surface area contributed by atoms with Gasteiger partial charge < -0.3 is 93.7 Å². The molecule has 0 amide bonds. The molecule has 15 atom stereocenters. The van der Waals surface area contributed by atoms with E-state index in [4.69, 9.17) is 37.9 Å². The minimum Gasteiger partial charge on any atom is -0.508 e. The molecule has 6 rings (SSSR count). The van der Waals surface area contributed by atoms with Gasteiger partial charge in [-0.3, -0.25) is 4.79 Å². The fraction of sp³-hybridized carbons (Fsp3) is 0.529. The average molecular weight is 785 g/mol. The summed E-state index contributed by atoms with van der Waals surface area (Å²) in [7, 11) is 0. The van der Waals surface area contributed by atoms with E-state index in [9.17, 15) is 60.7 Å². The van der Waals surface area contributed by atoms with Crippen LogP contribution < -0.4 is 14.9 Å². The zero-order chi connectivity index (χ0) is 40.0. The maximum atomic E-state index is 14.3. The van der Waals surface area contributed by atoms with Crippen LogP contribution in [0.5, 0.6) is 23.0 Å². The van der Waals surface area contributed by atoms with Crippen LogP contribution in [-0.2, 0) is 23.7 Å². The lowest BCUT2D eigenvalue weighted by molar-refractivity contribution is -0.354. The number of carbonyl (C=O) groups is 1. The molecule has 55 heavy (non-hydrogen) atoms. The van der Waals surface area contributed by atoms with Crippen molar-refractivity contribution in [3.8, 4) is 34.3 Å². The highest BCUT2D eigenvalue weighted by Crippen LogP contribution is 2.39. The number of fused-ring (bicyclic) bond motifs is 1. The van der Waals surface area contributed by atoms with E-state index in [1.807, 2.05) is 0 Å². The number of carboxylic acid groups (broad SMARTS) is 1. The lowest BCUT2D eigenvalue weighted by atomic mass is 9.97. The van der Waals surface area contributed by atoms with Crippen molar-refractivity contribution in [1.29, 1.82) is 0 Å². The maximum absolute atomic E-state index is 14.3. The summed E-state index contributed by atoms with van der Waals surface area (Å²) in [6.07, 6.45) is -26.9. The smallest absolute Gasteiger partial charge is 0.505 e. The predicted octanol–water partition coefficient (Wildman–Crippen LogP) is -2.19. The van der Waals surface area contributed by atoms with Gasteiger partial charge in [-0.15, -0.1) is 0 Å². The van der Waals surface area contributed by atoms with E-state index < -0.39 is 133 Å². The molecule has 0 spiro atoms. The van der Waals surface area contributed by atoms with Gasteiger partial charge in [0.25, 0.3) is 0 Å². The molecule has 1 aromatic heterocycles. The summed E-state index contributed by atoms with van der Waals surface area (Å²) in [5, 5.41) is 113. The fourth-order valence-electron chi connectivity index (χ4n) is 6.31. The number of hydrogen-bond donors (Lipinski definition) is 11. The molecule has 3 aromatic rings. The van der Waals surface area contributed by atoms with Gasteiger partial charge in [-0.1, -0.05) is 0 Å². The highest BCUT2D eigenvalue weighted by Gasteiger charge is 2.52. The second kappa shape index (κ2) is 16.0. The van der Waals surface area contributed by atoms with Crippen molar-refractivity contribution >= 4 is 17.1 Å². The Bertz CT molecular complexity index is 1880. The standard InChI is InChI=1S/C34H40O21/c1-10-19(37)23(41)26(44)31(49-10)51-14-7-15(36)18-16(8-14)52-28(12-3-5-13(35)6-4-12)29(22(18)40)54-33-30(25(43)21(39)17(53-33)9-48-34(46)47)55-32-27(45)24(42)20(38)11(2)50-32/h3-8,10-11,17,19-21,23-27,30-33,35-39,41-45H,9H2,1-2H3,(H,46,47). The third kappa shape index (κ3) is 8.00. The number of benzene rings is 2. The van der Waals surface area contributed by atoms with Crippen molar-refractivity contribution in [1.82, 2.24) is 0 Å². The van der Waals surface area contributed by atoms with E-state index in [0.717, 1.165) is 12.1 Å². The zero-order valence-corrected chi connectivity index (χ0v) is 28.8. The normalized spacial score (nSPS) is 36.7. The van der Waals surface area contributed by atoms with Crippen LogP contribution in [0.2, 0.25) is 0 Å². The predicted molar refractivity (Wildman–Crippen MR) is 177 cm³/mol. The van der Waals surface area contributed by atoms with Crippen LogP contribution in [0.25, 0.3) is 22.3 Å². The molecule has 3 fully saturated rings. The number of hydrogen-bond acceptors (Lipinski definition) is 20. The van der Waals surface area contributed by atoms with E-state index in [0.29, 0.717) is 0 Å². The Labute approximate surface area is 309 Å². The maximum Gasteiger partial charge on any atom is 0.505 e. The molecule has 3 saturated heterocycles. The molecular formula is C34H40O21. The first kappa shape index (κ1) is 40.3. The number of phenols is 2. The van der Waals surface area contributed by atoms with E-state index in [-0.39, 0.29) is 22.6 Å². The summed E-state index contributed by atoms with van der Waals surface area (Å²) in [5.41, 5.74) is -1.35. The fourth-order valence-corrected chi connectivity index (χ4v) is 6.31. The molecule has 0 saturated carbocycles. The molecule has 21 nitrogen and oxygen atoms in total. The number of ether oxygens (including phenoxy) is 7. The molecule has 302 valence electrons. The lowest BCUT2D eigenvalue weighted by Gasteiger charge is -2.45. The van der Waals surface area contributed by atoms with Gasteiger partial charge in [0.2, 0.25) is 23.8 Å². The molecule has 15 unspecified atom stereocenters. The van der Waals surface area contributed by atoms with Gasteiger partial charge in [0.05, 0.1) is 12.2 Å². The molecule has 0 aliphatic carbocycles. The number of phenolic OH excluding ortho intramolecular Hbond substituents is 2.